The second kappa shape index (κ2) is 6.06. The summed E-state index contributed by atoms with van der Waals surface area (Å²) in [4.78, 5) is 4.16. The van der Waals surface area contributed by atoms with Gasteiger partial charge in [-0.2, -0.15) is 0 Å². The molecule has 0 aliphatic heterocycles. The third kappa shape index (κ3) is 3.00. The summed E-state index contributed by atoms with van der Waals surface area (Å²) in [5.41, 5.74) is 3.21. The van der Waals surface area contributed by atoms with Gasteiger partial charge in [0.25, 0.3) is 0 Å². The Hall–Kier alpha value is -2.87. The summed E-state index contributed by atoms with van der Waals surface area (Å²) in [5, 5.41) is 0. The highest BCUT2D eigenvalue weighted by atomic mass is 16.5. The maximum atomic E-state index is 5.94. The van der Waals surface area contributed by atoms with Crippen LogP contribution in [0.1, 0.15) is 5.56 Å². The van der Waals surface area contributed by atoms with E-state index in [1.54, 1.807) is 12.4 Å². The van der Waals surface area contributed by atoms with E-state index < -0.39 is 0 Å². The van der Waals surface area contributed by atoms with E-state index in [0.29, 0.717) is 0 Å². The van der Waals surface area contributed by atoms with Gasteiger partial charge in [0.15, 0.2) is 5.75 Å². The molecule has 0 saturated carbocycles. The lowest BCUT2D eigenvalue weighted by Crippen LogP contribution is -1.89. The predicted molar refractivity (Wildman–Crippen MR) is 86.3 cm³/mol. The Morgan fingerprint density at radius 1 is 0.905 bits per heavy atom. The SMILES string of the molecule is C=Cc1ccc(-c2ccncc2Oc2ccccc2)cc1. The highest BCUT2D eigenvalue weighted by Crippen LogP contribution is 2.32. The summed E-state index contributed by atoms with van der Waals surface area (Å²) in [6, 6.07) is 19.9. The molecule has 0 spiro atoms. The van der Waals surface area contributed by atoms with E-state index in [-0.39, 0.29) is 0 Å². The van der Waals surface area contributed by atoms with Gasteiger partial charge in [-0.1, -0.05) is 55.1 Å². The van der Waals surface area contributed by atoms with Crippen molar-refractivity contribution in [3.8, 4) is 22.6 Å². The standard InChI is InChI=1S/C19H15NO/c1-2-15-8-10-16(11-9-15)18-12-13-20-14-19(18)21-17-6-4-3-5-7-17/h2-14H,1H2. The van der Waals surface area contributed by atoms with E-state index in [9.17, 15) is 0 Å². The Kier molecular flexibility index (Phi) is 3.79. The van der Waals surface area contributed by atoms with E-state index in [1.165, 1.54) is 0 Å². The number of nitrogens with zero attached hydrogens (tertiary/aromatic N) is 1. The normalized spacial score (nSPS) is 10.1. The molecule has 0 aliphatic rings. The number of pyridine rings is 1. The maximum Gasteiger partial charge on any atom is 0.153 e. The van der Waals surface area contributed by atoms with Gasteiger partial charge in [0.1, 0.15) is 5.75 Å². The first-order valence-electron chi connectivity index (χ1n) is 6.76. The Balaban J connectivity index is 1.97. The van der Waals surface area contributed by atoms with Gasteiger partial charge >= 0.3 is 0 Å². The van der Waals surface area contributed by atoms with Crippen molar-refractivity contribution in [2.24, 2.45) is 0 Å². The zero-order valence-corrected chi connectivity index (χ0v) is 11.6. The largest absolute Gasteiger partial charge is 0.455 e. The first-order valence-corrected chi connectivity index (χ1v) is 6.76. The zero-order chi connectivity index (χ0) is 14.5. The van der Waals surface area contributed by atoms with Gasteiger partial charge in [-0.15, -0.1) is 0 Å². The molecule has 0 N–H and O–H groups in total. The summed E-state index contributed by atoms with van der Waals surface area (Å²) < 4.78 is 5.94. The van der Waals surface area contributed by atoms with Crippen molar-refractivity contribution in [2.45, 2.75) is 0 Å². The Bertz CT molecular complexity index is 733. The van der Waals surface area contributed by atoms with Gasteiger partial charge < -0.3 is 4.74 Å². The van der Waals surface area contributed by atoms with Gasteiger partial charge in [-0.3, -0.25) is 4.98 Å². The highest BCUT2D eigenvalue weighted by molar-refractivity contribution is 5.71. The van der Waals surface area contributed by atoms with Gasteiger partial charge in [0, 0.05) is 11.8 Å². The molecule has 0 fully saturated rings. The lowest BCUT2D eigenvalue weighted by atomic mass is 10.0. The van der Waals surface area contributed by atoms with Crippen molar-refractivity contribution >= 4 is 6.08 Å². The van der Waals surface area contributed by atoms with Crippen LogP contribution in [0.5, 0.6) is 11.5 Å². The highest BCUT2D eigenvalue weighted by Gasteiger charge is 2.07. The van der Waals surface area contributed by atoms with Crippen LogP contribution in [0.25, 0.3) is 17.2 Å². The fourth-order valence-electron chi connectivity index (χ4n) is 2.11. The number of rotatable bonds is 4. The van der Waals surface area contributed by atoms with Crippen molar-refractivity contribution in [1.82, 2.24) is 4.98 Å². The number of ether oxygens (including phenoxy) is 1. The molecule has 2 aromatic carbocycles. The molecule has 2 heteroatoms. The van der Waals surface area contributed by atoms with Crippen LogP contribution in [0.2, 0.25) is 0 Å². The van der Waals surface area contributed by atoms with Gasteiger partial charge in [-0.25, -0.2) is 0 Å². The zero-order valence-electron chi connectivity index (χ0n) is 11.6. The van der Waals surface area contributed by atoms with Crippen LogP contribution in [-0.2, 0) is 0 Å². The van der Waals surface area contributed by atoms with Crippen molar-refractivity contribution in [1.29, 1.82) is 0 Å². The molecule has 0 bridgehead atoms. The van der Waals surface area contributed by atoms with Gasteiger partial charge in [0.2, 0.25) is 0 Å². The molecule has 0 amide bonds. The lowest BCUT2D eigenvalue weighted by Gasteiger charge is -2.11. The molecule has 1 heterocycles. The molecule has 0 atom stereocenters. The van der Waals surface area contributed by atoms with Crippen LogP contribution in [-0.4, -0.2) is 4.98 Å². The van der Waals surface area contributed by atoms with Gasteiger partial charge in [-0.05, 0) is 29.3 Å². The van der Waals surface area contributed by atoms with E-state index in [0.717, 1.165) is 28.2 Å². The van der Waals surface area contributed by atoms with Crippen molar-refractivity contribution in [3.63, 3.8) is 0 Å². The minimum Gasteiger partial charge on any atom is -0.455 e. The predicted octanol–water partition coefficient (Wildman–Crippen LogP) is 5.18. The fraction of sp³-hybridized carbons (Fsp3) is 0. The first kappa shape index (κ1) is 13.1. The number of hydrogen-bond donors (Lipinski definition) is 0. The molecule has 0 saturated heterocycles. The molecular formula is C19H15NO. The summed E-state index contributed by atoms with van der Waals surface area (Å²) in [5.74, 6) is 1.55. The van der Waals surface area contributed by atoms with E-state index in [2.05, 4.69) is 23.7 Å². The second-order valence-electron chi connectivity index (χ2n) is 4.61. The molecule has 2 nitrogen and oxygen atoms in total. The van der Waals surface area contributed by atoms with Crippen molar-refractivity contribution in [2.75, 3.05) is 0 Å². The number of hydrogen-bond acceptors (Lipinski definition) is 2. The fourth-order valence-corrected chi connectivity index (χ4v) is 2.11. The molecule has 102 valence electrons. The smallest absolute Gasteiger partial charge is 0.153 e. The maximum absolute atomic E-state index is 5.94. The van der Waals surface area contributed by atoms with E-state index in [4.69, 9.17) is 4.74 Å². The van der Waals surface area contributed by atoms with Crippen molar-refractivity contribution < 1.29 is 4.74 Å². The van der Waals surface area contributed by atoms with Crippen LogP contribution >= 0.6 is 0 Å². The van der Waals surface area contributed by atoms with Crippen LogP contribution in [0, 0.1) is 0 Å². The lowest BCUT2D eigenvalue weighted by molar-refractivity contribution is 0.482. The van der Waals surface area contributed by atoms with E-state index in [1.807, 2.05) is 54.6 Å². The molecule has 21 heavy (non-hydrogen) atoms. The van der Waals surface area contributed by atoms with Gasteiger partial charge in [0.05, 0.1) is 6.20 Å². The first-order chi connectivity index (χ1) is 10.4. The molecule has 0 aliphatic carbocycles. The molecule has 3 aromatic rings. The minimum absolute atomic E-state index is 0.745. The second-order valence-corrected chi connectivity index (χ2v) is 4.61. The molecule has 3 rings (SSSR count). The summed E-state index contributed by atoms with van der Waals surface area (Å²) in [7, 11) is 0. The number of benzene rings is 2. The average Bonchev–Trinajstić information content (AvgIpc) is 2.56. The Morgan fingerprint density at radius 3 is 2.38 bits per heavy atom. The average molecular weight is 273 g/mol. The number of aromatic nitrogens is 1. The van der Waals surface area contributed by atoms with Crippen LogP contribution in [0.15, 0.2) is 79.6 Å². The quantitative estimate of drug-likeness (QED) is 0.653. The Morgan fingerprint density at radius 2 is 1.67 bits per heavy atom. The summed E-state index contributed by atoms with van der Waals surface area (Å²) in [6.45, 7) is 3.77. The molecule has 1 aromatic heterocycles. The third-order valence-electron chi connectivity index (χ3n) is 3.21. The van der Waals surface area contributed by atoms with Crippen molar-refractivity contribution in [3.05, 3.63) is 85.2 Å². The number of para-hydroxylation sites is 1. The van der Waals surface area contributed by atoms with E-state index >= 15 is 0 Å². The van der Waals surface area contributed by atoms with Crippen LogP contribution < -0.4 is 4.74 Å². The Labute approximate surface area is 124 Å². The monoisotopic (exact) mass is 273 g/mol. The molecule has 0 radical (unpaired) electrons. The molecule has 0 unspecified atom stereocenters. The van der Waals surface area contributed by atoms with Crippen LogP contribution in [0.4, 0.5) is 0 Å². The summed E-state index contributed by atoms with van der Waals surface area (Å²) >= 11 is 0. The minimum atomic E-state index is 0.745. The molecular weight excluding hydrogens is 258 g/mol. The topological polar surface area (TPSA) is 22.1 Å². The summed E-state index contributed by atoms with van der Waals surface area (Å²) in [6.07, 6.45) is 5.34. The third-order valence-corrected chi connectivity index (χ3v) is 3.21. The van der Waals surface area contributed by atoms with Crippen LogP contribution in [0.3, 0.4) is 0 Å².